The lowest BCUT2D eigenvalue weighted by Gasteiger charge is -2.26. The van der Waals surface area contributed by atoms with Crippen LogP contribution in [0.1, 0.15) is 0 Å². The van der Waals surface area contributed by atoms with Gasteiger partial charge in [0, 0.05) is 60.8 Å². The van der Waals surface area contributed by atoms with Crippen LogP contribution in [0.15, 0.2) is 67.6 Å². The van der Waals surface area contributed by atoms with Gasteiger partial charge in [0.15, 0.2) is 11.5 Å². The van der Waals surface area contributed by atoms with E-state index in [2.05, 4.69) is 40.4 Å². The van der Waals surface area contributed by atoms with E-state index in [0.717, 1.165) is 38.7 Å². The van der Waals surface area contributed by atoms with Crippen LogP contribution in [0.4, 0.5) is 10.5 Å². The Bertz CT molecular complexity index is 1810. The highest BCUT2D eigenvalue weighted by Gasteiger charge is 2.18. The molecule has 39 heavy (non-hydrogen) atoms. The van der Waals surface area contributed by atoms with Crippen molar-refractivity contribution in [3.8, 4) is 33.8 Å². The summed E-state index contributed by atoms with van der Waals surface area (Å²) < 4.78 is 5.33. The molecular formula is C27H22N10O2. The third-order valence-corrected chi connectivity index (χ3v) is 6.65. The Morgan fingerprint density at radius 1 is 0.923 bits per heavy atom. The van der Waals surface area contributed by atoms with Gasteiger partial charge in [0.05, 0.1) is 47.7 Å². The molecule has 1 aliphatic rings. The van der Waals surface area contributed by atoms with E-state index in [1.807, 2.05) is 24.3 Å². The second kappa shape index (κ2) is 9.58. The summed E-state index contributed by atoms with van der Waals surface area (Å²) in [5, 5.41) is 11.2. The molecule has 0 unspecified atom stereocenters. The van der Waals surface area contributed by atoms with Gasteiger partial charge >= 0.3 is 6.03 Å². The van der Waals surface area contributed by atoms with Crippen LogP contribution < -0.4 is 5.32 Å². The van der Waals surface area contributed by atoms with E-state index in [4.69, 9.17) is 9.72 Å². The quantitative estimate of drug-likeness (QED) is 0.318. The molecule has 0 bridgehead atoms. The number of carbonyl (C=O) groups is 1. The lowest BCUT2D eigenvalue weighted by atomic mass is 10.1. The first kappa shape index (κ1) is 22.9. The number of carbonyl (C=O) groups excluding carboxylic acids is 1. The van der Waals surface area contributed by atoms with E-state index in [-0.39, 0.29) is 6.03 Å². The first-order valence-electron chi connectivity index (χ1n) is 12.4. The Balaban J connectivity index is 1.23. The van der Waals surface area contributed by atoms with Crippen molar-refractivity contribution in [3.63, 3.8) is 0 Å². The van der Waals surface area contributed by atoms with Crippen LogP contribution >= 0.6 is 0 Å². The van der Waals surface area contributed by atoms with E-state index in [9.17, 15) is 4.79 Å². The zero-order valence-electron chi connectivity index (χ0n) is 20.6. The van der Waals surface area contributed by atoms with Gasteiger partial charge in [0.1, 0.15) is 5.69 Å². The maximum absolute atomic E-state index is 12.6. The van der Waals surface area contributed by atoms with Crippen molar-refractivity contribution in [2.75, 3.05) is 31.6 Å². The molecule has 1 aliphatic heterocycles. The van der Waals surface area contributed by atoms with Gasteiger partial charge in [-0.05, 0) is 29.8 Å². The highest BCUT2D eigenvalue weighted by molar-refractivity contribution is 5.97. The average molecular weight is 519 g/mol. The molecule has 0 saturated carbocycles. The molecule has 0 radical (unpaired) electrons. The number of anilines is 1. The maximum atomic E-state index is 12.6. The molecule has 0 atom stereocenters. The molecule has 0 aliphatic carbocycles. The number of nitrogens with zero attached hydrogens (tertiary/aromatic N) is 7. The van der Waals surface area contributed by atoms with Crippen LogP contribution in [0.2, 0.25) is 0 Å². The lowest BCUT2D eigenvalue weighted by molar-refractivity contribution is 0.0564. The molecule has 1 fully saturated rings. The van der Waals surface area contributed by atoms with Gasteiger partial charge in [0.2, 0.25) is 0 Å². The maximum Gasteiger partial charge on any atom is 0.322 e. The third kappa shape index (κ3) is 4.32. The number of fused-ring (bicyclic) bond motifs is 2. The molecule has 12 nitrogen and oxygen atoms in total. The van der Waals surface area contributed by atoms with Crippen LogP contribution in [0.3, 0.4) is 0 Å². The van der Waals surface area contributed by atoms with E-state index in [1.54, 1.807) is 48.3 Å². The van der Waals surface area contributed by atoms with E-state index in [1.165, 1.54) is 0 Å². The topological polar surface area (TPSA) is 150 Å². The van der Waals surface area contributed by atoms with E-state index >= 15 is 0 Å². The number of hydrogen-bond acceptors (Lipinski definition) is 8. The zero-order valence-corrected chi connectivity index (χ0v) is 20.6. The molecular weight excluding hydrogens is 496 g/mol. The molecule has 192 valence electrons. The second-order valence-corrected chi connectivity index (χ2v) is 9.09. The Hall–Kier alpha value is -5.23. The summed E-state index contributed by atoms with van der Waals surface area (Å²) in [5.41, 5.74) is 7.00. The predicted molar refractivity (Wildman–Crippen MR) is 145 cm³/mol. The van der Waals surface area contributed by atoms with Gasteiger partial charge in [0.25, 0.3) is 0 Å². The summed E-state index contributed by atoms with van der Waals surface area (Å²) in [6, 6.07) is 7.55. The second-order valence-electron chi connectivity index (χ2n) is 9.09. The highest BCUT2D eigenvalue weighted by Crippen LogP contribution is 2.32. The molecule has 6 aromatic rings. The first-order valence-corrected chi connectivity index (χ1v) is 12.4. The largest absolute Gasteiger partial charge is 0.378 e. The summed E-state index contributed by atoms with van der Waals surface area (Å²) in [6.07, 6.45) is 12.1. The van der Waals surface area contributed by atoms with Gasteiger partial charge in [-0.15, -0.1) is 0 Å². The third-order valence-electron chi connectivity index (χ3n) is 6.65. The molecule has 12 heteroatoms. The number of aromatic nitrogens is 8. The number of rotatable bonds is 4. The van der Waals surface area contributed by atoms with Crippen LogP contribution in [0.25, 0.3) is 55.8 Å². The number of ether oxygens (including phenoxy) is 1. The van der Waals surface area contributed by atoms with Crippen LogP contribution in [-0.4, -0.2) is 77.3 Å². The fourth-order valence-electron chi connectivity index (χ4n) is 4.67. The van der Waals surface area contributed by atoms with Crippen molar-refractivity contribution in [2.24, 2.45) is 0 Å². The van der Waals surface area contributed by atoms with Gasteiger partial charge in [-0.3, -0.25) is 20.1 Å². The normalized spacial score (nSPS) is 13.7. The van der Waals surface area contributed by atoms with Crippen molar-refractivity contribution < 1.29 is 9.53 Å². The van der Waals surface area contributed by atoms with Crippen LogP contribution in [0, 0.1) is 0 Å². The Morgan fingerprint density at radius 3 is 2.62 bits per heavy atom. The number of aromatic amines is 2. The Kier molecular flexibility index (Phi) is 5.63. The monoisotopic (exact) mass is 518 g/mol. The van der Waals surface area contributed by atoms with Crippen LogP contribution in [0.5, 0.6) is 0 Å². The van der Waals surface area contributed by atoms with Crippen LogP contribution in [-0.2, 0) is 4.74 Å². The van der Waals surface area contributed by atoms with Crippen molar-refractivity contribution in [2.45, 2.75) is 0 Å². The van der Waals surface area contributed by atoms with Gasteiger partial charge in [-0.1, -0.05) is 0 Å². The zero-order chi connectivity index (χ0) is 26.2. The number of hydrogen-bond donors (Lipinski definition) is 3. The molecule has 7 heterocycles. The molecule has 3 N–H and O–H groups in total. The minimum Gasteiger partial charge on any atom is -0.378 e. The fourth-order valence-corrected chi connectivity index (χ4v) is 4.67. The van der Waals surface area contributed by atoms with Gasteiger partial charge in [-0.2, -0.15) is 5.10 Å². The number of amides is 2. The van der Waals surface area contributed by atoms with E-state index in [0.29, 0.717) is 49.2 Å². The number of morpholine rings is 1. The molecule has 1 saturated heterocycles. The van der Waals surface area contributed by atoms with Gasteiger partial charge < -0.3 is 19.9 Å². The minimum atomic E-state index is -0.173. The first-order chi connectivity index (χ1) is 19.2. The van der Waals surface area contributed by atoms with Crippen molar-refractivity contribution in [1.29, 1.82) is 0 Å². The van der Waals surface area contributed by atoms with Crippen molar-refractivity contribution in [1.82, 2.24) is 45.0 Å². The average Bonchev–Trinajstić information content (AvgIpc) is 3.62. The fraction of sp³-hybridized carbons (Fsp3) is 0.148. The lowest BCUT2D eigenvalue weighted by Crippen LogP contribution is -2.43. The summed E-state index contributed by atoms with van der Waals surface area (Å²) in [7, 11) is 0. The SMILES string of the molecule is O=C(Nc1cncc(-c2cnc3n[nH]c(-c4nc5c(-c6ccncc6)cncc5[nH]4)c3c2)c1)N1CCOCC1. The molecule has 6 aromatic heterocycles. The number of H-pyrrole nitrogens is 2. The number of pyridine rings is 4. The Labute approximate surface area is 221 Å². The number of imidazole rings is 1. The molecule has 0 spiro atoms. The van der Waals surface area contributed by atoms with Crippen molar-refractivity contribution >= 4 is 33.8 Å². The summed E-state index contributed by atoms with van der Waals surface area (Å²) in [6.45, 7) is 2.20. The van der Waals surface area contributed by atoms with Gasteiger partial charge in [-0.25, -0.2) is 14.8 Å². The number of urea groups is 1. The molecule has 0 aromatic carbocycles. The highest BCUT2D eigenvalue weighted by atomic mass is 16.5. The number of nitrogens with one attached hydrogen (secondary N) is 3. The summed E-state index contributed by atoms with van der Waals surface area (Å²) in [5.74, 6) is 0.624. The predicted octanol–water partition coefficient (Wildman–Crippen LogP) is 3.88. The van der Waals surface area contributed by atoms with Crippen molar-refractivity contribution in [3.05, 3.63) is 67.6 Å². The smallest absolute Gasteiger partial charge is 0.322 e. The molecule has 2 amide bonds. The Morgan fingerprint density at radius 2 is 1.74 bits per heavy atom. The molecule has 7 rings (SSSR count). The van der Waals surface area contributed by atoms with E-state index < -0.39 is 0 Å². The minimum absolute atomic E-state index is 0.173. The summed E-state index contributed by atoms with van der Waals surface area (Å²) >= 11 is 0. The standard InChI is InChI=1S/C27H22N10O2/c38-27(37-5-7-39-8-6-37)32-19-9-17(11-29-13-19)18-10-20-24(35-36-25(20)31-12-18)26-33-22-15-30-14-21(23(22)34-26)16-1-3-28-4-2-16/h1-4,9-15H,5-8H2,(H,32,38)(H,33,34)(H,31,35,36). The summed E-state index contributed by atoms with van der Waals surface area (Å²) in [4.78, 5) is 40.0.